The zero-order chi connectivity index (χ0) is 45.1. The molecule has 4 aromatic rings. The van der Waals surface area contributed by atoms with Gasteiger partial charge in [0, 0.05) is 78.8 Å². The number of ether oxygens (including phenoxy) is 2. The summed E-state index contributed by atoms with van der Waals surface area (Å²) >= 11 is 12.1. The second-order valence-corrected chi connectivity index (χ2v) is 17.3. The van der Waals surface area contributed by atoms with Crippen LogP contribution in [0.25, 0.3) is 0 Å². The van der Waals surface area contributed by atoms with E-state index in [1.54, 1.807) is 12.4 Å². The maximum absolute atomic E-state index is 12.8. The molecule has 2 fully saturated rings. The molecule has 12 heteroatoms. The van der Waals surface area contributed by atoms with Gasteiger partial charge in [0.05, 0.1) is 18.6 Å². The number of hydrogen-bond donors (Lipinski definition) is 2. The average molecular weight is 901 g/mol. The topological polar surface area (TPSA) is 125 Å². The fourth-order valence-corrected chi connectivity index (χ4v) is 8.81. The molecule has 0 radical (unpaired) electrons. The minimum absolute atomic E-state index is 0.00386. The van der Waals surface area contributed by atoms with Crippen molar-refractivity contribution in [3.05, 3.63) is 140 Å². The normalized spacial score (nSPS) is 15.9. The van der Waals surface area contributed by atoms with Gasteiger partial charge in [0.1, 0.15) is 5.78 Å². The van der Waals surface area contributed by atoms with E-state index in [-0.39, 0.29) is 42.0 Å². The molecule has 2 N–H and O–H groups in total. The van der Waals surface area contributed by atoms with Gasteiger partial charge in [-0.25, -0.2) is 5.48 Å². The first-order valence-electron chi connectivity index (χ1n) is 22.4. The molecule has 6 rings (SSSR count). The SMILES string of the molecule is CCO[C@H](CC(=O)NO)C(Cc1ccc(Cl)cc1)c1ccc(C(=O)N2CCCCC2)cc1.CCO[C@H](CC(C)=O)C(Cc1ccc(Cl)cc1)c1ccc(C(=O)N2CCCCC2)cc1. The van der Waals surface area contributed by atoms with Crippen LogP contribution in [-0.2, 0) is 31.9 Å². The summed E-state index contributed by atoms with van der Waals surface area (Å²) in [6.07, 6.45) is 7.72. The van der Waals surface area contributed by atoms with E-state index in [1.165, 1.54) is 12.8 Å². The van der Waals surface area contributed by atoms with Gasteiger partial charge in [-0.15, -0.1) is 0 Å². The molecule has 2 aliphatic heterocycles. The largest absolute Gasteiger partial charge is 0.377 e. The number of hydroxylamine groups is 1. The van der Waals surface area contributed by atoms with Crippen molar-refractivity contribution in [1.82, 2.24) is 15.3 Å². The molecular weight excluding hydrogens is 837 g/mol. The third-order valence-corrected chi connectivity index (χ3v) is 12.4. The van der Waals surface area contributed by atoms with Crippen molar-refractivity contribution in [1.29, 1.82) is 0 Å². The predicted molar refractivity (Wildman–Crippen MR) is 249 cm³/mol. The van der Waals surface area contributed by atoms with Gasteiger partial charge in [0.15, 0.2) is 0 Å². The Hall–Kier alpha value is -4.58. The first kappa shape index (κ1) is 49.4. The highest BCUT2D eigenvalue weighted by molar-refractivity contribution is 6.30. The van der Waals surface area contributed by atoms with Crippen LogP contribution < -0.4 is 5.48 Å². The van der Waals surface area contributed by atoms with E-state index in [9.17, 15) is 19.2 Å². The summed E-state index contributed by atoms with van der Waals surface area (Å²) in [5.41, 5.74) is 7.33. The zero-order valence-corrected chi connectivity index (χ0v) is 38.4. The van der Waals surface area contributed by atoms with Gasteiger partial charge in [-0.2, -0.15) is 0 Å². The predicted octanol–water partition coefficient (Wildman–Crippen LogP) is 10.3. The van der Waals surface area contributed by atoms with Crippen molar-refractivity contribution in [2.45, 2.75) is 109 Å². The molecule has 2 unspecified atom stereocenters. The number of carbonyl (C=O) groups is 4. The molecule has 2 heterocycles. The summed E-state index contributed by atoms with van der Waals surface area (Å²) in [5, 5.41) is 10.4. The summed E-state index contributed by atoms with van der Waals surface area (Å²) in [6, 6.07) is 30.9. The van der Waals surface area contributed by atoms with E-state index in [1.807, 2.05) is 121 Å². The number of nitrogens with zero attached hydrogens (tertiary/aromatic N) is 2. The number of nitrogens with one attached hydrogen (secondary N) is 1. The lowest BCUT2D eigenvalue weighted by Gasteiger charge is -2.28. The highest BCUT2D eigenvalue weighted by Crippen LogP contribution is 2.32. The summed E-state index contributed by atoms with van der Waals surface area (Å²) in [7, 11) is 0. The molecular formula is C51H63Cl2N3O7. The maximum atomic E-state index is 12.8. The Morgan fingerprint density at radius 2 is 0.937 bits per heavy atom. The third kappa shape index (κ3) is 15.3. The number of Topliss-reactive ketones (excluding diaryl/α,β-unsaturated/α-hetero) is 1. The molecule has 0 bridgehead atoms. The molecule has 63 heavy (non-hydrogen) atoms. The fourth-order valence-electron chi connectivity index (χ4n) is 8.56. The van der Waals surface area contributed by atoms with Gasteiger partial charge < -0.3 is 19.3 Å². The highest BCUT2D eigenvalue weighted by atomic mass is 35.5. The van der Waals surface area contributed by atoms with Crippen LogP contribution in [0.4, 0.5) is 0 Å². The van der Waals surface area contributed by atoms with Crippen molar-refractivity contribution >= 4 is 46.7 Å². The molecule has 4 atom stereocenters. The molecule has 2 aliphatic rings. The molecule has 3 amide bonds. The second-order valence-electron chi connectivity index (χ2n) is 16.5. The van der Waals surface area contributed by atoms with Crippen LogP contribution in [0, 0.1) is 0 Å². The number of ketones is 1. The van der Waals surface area contributed by atoms with Crippen LogP contribution in [0.5, 0.6) is 0 Å². The average Bonchev–Trinajstić information content (AvgIpc) is 3.31. The quantitative estimate of drug-likeness (QED) is 0.0752. The summed E-state index contributed by atoms with van der Waals surface area (Å²) < 4.78 is 11.9. The van der Waals surface area contributed by atoms with Crippen molar-refractivity contribution in [3.8, 4) is 0 Å². The van der Waals surface area contributed by atoms with E-state index >= 15 is 0 Å². The highest BCUT2D eigenvalue weighted by Gasteiger charge is 2.29. The number of hydrogen-bond acceptors (Lipinski definition) is 7. The van der Waals surface area contributed by atoms with Crippen molar-refractivity contribution in [2.75, 3.05) is 39.4 Å². The molecule has 338 valence electrons. The van der Waals surface area contributed by atoms with Gasteiger partial charge in [-0.3, -0.25) is 24.4 Å². The van der Waals surface area contributed by atoms with Crippen molar-refractivity contribution in [3.63, 3.8) is 0 Å². The summed E-state index contributed by atoms with van der Waals surface area (Å²) in [4.78, 5) is 53.4. The Labute approximate surface area is 383 Å². The molecule has 10 nitrogen and oxygen atoms in total. The Morgan fingerprint density at radius 1 is 0.571 bits per heavy atom. The van der Waals surface area contributed by atoms with E-state index in [0.29, 0.717) is 41.7 Å². The molecule has 4 aromatic carbocycles. The Bertz CT molecular complexity index is 2030. The zero-order valence-electron chi connectivity index (χ0n) is 36.9. The number of benzene rings is 4. The van der Waals surface area contributed by atoms with Gasteiger partial charge in [0.25, 0.3) is 11.8 Å². The smallest absolute Gasteiger partial charge is 0.253 e. The minimum Gasteiger partial charge on any atom is -0.377 e. The molecule has 2 saturated heterocycles. The lowest BCUT2D eigenvalue weighted by Crippen LogP contribution is -2.35. The summed E-state index contributed by atoms with van der Waals surface area (Å²) in [6.45, 7) is 9.70. The number of carbonyl (C=O) groups excluding carboxylic acids is 4. The number of halogens is 2. The second kappa shape index (κ2) is 25.6. The Kier molecular flexibility index (Phi) is 20.1. The van der Waals surface area contributed by atoms with Crippen LogP contribution in [0.3, 0.4) is 0 Å². The van der Waals surface area contributed by atoms with Gasteiger partial charge in [-0.1, -0.05) is 71.7 Å². The lowest BCUT2D eigenvalue weighted by atomic mass is 9.85. The van der Waals surface area contributed by atoms with Crippen molar-refractivity contribution < 1.29 is 33.9 Å². The molecule has 0 spiro atoms. The van der Waals surface area contributed by atoms with E-state index in [0.717, 1.165) is 86.1 Å². The lowest BCUT2D eigenvalue weighted by molar-refractivity contribution is -0.132. The number of piperidine rings is 2. The van der Waals surface area contributed by atoms with Gasteiger partial charge in [-0.05, 0) is 143 Å². The van der Waals surface area contributed by atoms with E-state index in [4.69, 9.17) is 37.9 Å². The van der Waals surface area contributed by atoms with Crippen LogP contribution in [0.1, 0.15) is 127 Å². The molecule has 0 aliphatic carbocycles. The number of rotatable bonds is 18. The van der Waals surface area contributed by atoms with E-state index < -0.39 is 12.0 Å². The third-order valence-electron chi connectivity index (χ3n) is 11.9. The Balaban J connectivity index is 0.000000238. The van der Waals surface area contributed by atoms with Gasteiger partial charge >= 0.3 is 0 Å². The Morgan fingerprint density at radius 3 is 1.27 bits per heavy atom. The molecule has 0 aromatic heterocycles. The summed E-state index contributed by atoms with van der Waals surface area (Å²) in [5.74, 6) is -0.369. The standard InChI is InChI=1S/C26H32ClNO3.C25H31ClN2O4/c1-3-31-25(17-19(2)29)24(18-20-7-13-23(27)14-8-20)21-9-11-22(12-10-21)26(30)28-15-5-4-6-16-28;1-2-32-23(17-24(29)27-31)22(16-18-6-12-21(26)13-7-18)19-8-10-20(11-9-19)25(30)28-14-4-3-5-15-28/h7-14,24-25H,3-6,15-18H2,1-2H3;6-13,22-23,31H,2-5,14-17H2,1H3,(H,27,29)/t24?,25-;22?,23-/m11/s1. The van der Waals surface area contributed by atoms with Crippen LogP contribution in [0.2, 0.25) is 10.0 Å². The minimum atomic E-state index is -0.499. The van der Waals surface area contributed by atoms with Crippen LogP contribution >= 0.6 is 23.2 Å². The fraction of sp³-hybridized carbons (Fsp3) is 0.451. The van der Waals surface area contributed by atoms with Crippen LogP contribution in [-0.4, -0.2) is 90.1 Å². The van der Waals surface area contributed by atoms with Crippen LogP contribution in [0.15, 0.2) is 97.1 Å². The maximum Gasteiger partial charge on any atom is 0.253 e. The molecule has 0 saturated carbocycles. The van der Waals surface area contributed by atoms with E-state index in [2.05, 4.69) is 0 Å². The monoisotopic (exact) mass is 899 g/mol. The first-order chi connectivity index (χ1) is 30.5. The van der Waals surface area contributed by atoms with Crippen molar-refractivity contribution in [2.24, 2.45) is 0 Å². The van der Waals surface area contributed by atoms with Gasteiger partial charge in [0.2, 0.25) is 5.91 Å². The first-order valence-corrected chi connectivity index (χ1v) is 23.2. The number of amides is 3. The number of likely N-dealkylation sites (tertiary alicyclic amines) is 2.